The van der Waals surface area contributed by atoms with E-state index in [0.717, 1.165) is 77.0 Å². The number of hydrogen-bond acceptors (Lipinski definition) is 18. The molecule has 0 saturated carbocycles. The molecule has 620 valence electrons. The minimum atomic E-state index is -1.99. The van der Waals surface area contributed by atoms with Gasteiger partial charge in [0.2, 0.25) is 5.91 Å². The lowest BCUT2D eigenvalue weighted by Gasteiger charge is -2.48. The van der Waals surface area contributed by atoms with Gasteiger partial charge < -0.3 is 89.9 Å². The minimum Gasteiger partial charge on any atom is -0.394 e. The van der Waals surface area contributed by atoms with Crippen molar-refractivity contribution in [2.45, 2.75) is 426 Å². The molecule has 3 saturated heterocycles. The standard InChI is InChI=1S/C88H155NO18/c1-3-5-7-9-11-13-15-17-19-21-23-25-27-29-31-33-34-35-36-38-40-42-44-46-48-50-52-54-56-58-60-62-64-66-76(94)89-71(72(93)65-63-61-59-57-55-53-51-49-47-45-43-41-39-37-32-30-28-26-24-22-20-18-16-14-12-10-8-6-4-2)70-102-86-82(100)79(97)84(74(68-91)104-86)107-88-83(101)80(98)85(75(69-92)105-88)106-87-81(99)78(96)77(95)73(67-90)103-87/h5,7,11,13,17,19,23,25,29,31,47,49,55,57,63,65,71-75,77-88,90-93,95-101H,3-4,6,8-10,12,14-16,18,20-22,24,26-28,30,32-46,48,50-54,56,58-62,64,66-70H2,1-2H3,(H,89,94)/b7-5-,13-11-,19-17-,25-23-,31-29-,49-47+,57-55+,65-63+. The number of carbonyl (C=O) groups is 1. The molecule has 3 aliphatic heterocycles. The van der Waals surface area contributed by atoms with E-state index in [1.54, 1.807) is 6.08 Å². The van der Waals surface area contributed by atoms with Crippen LogP contribution in [0, 0.1) is 0 Å². The summed E-state index contributed by atoms with van der Waals surface area (Å²) >= 11 is 0. The Labute approximate surface area is 647 Å². The fraction of sp³-hybridized carbons (Fsp3) is 0.807. The molecule has 17 unspecified atom stereocenters. The largest absolute Gasteiger partial charge is 0.394 e. The zero-order valence-electron chi connectivity index (χ0n) is 66.6. The molecule has 0 aromatic heterocycles. The Bertz CT molecular complexity index is 2310. The van der Waals surface area contributed by atoms with Gasteiger partial charge in [-0.2, -0.15) is 0 Å². The topological polar surface area (TPSA) is 307 Å². The number of unbranched alkanes of at least 4 members (excludes halogenated alkanes) is 38. The number of aliphatic hydroxyl groups is 11. The minimum absolute atomic E-state index is 0.229. The summed E-state index contributed by atoms with van der Waals surface area (Å²) in [6, 6.07) is -1.00. The van der Waals surface area contributed by atoms with E-state index in [4.69, 9.17) is 28.4 Å². The normalized spacial score (nSPS) is 26.0. The number of hydrogen-bond donors (Lipinski definition) is 12. The fourth-order valence-corrected chi connectivity index (χ4v) is 14.0. The maximum atomic E-state index is 13.5. The van der Waals surface area contributed by atoms with Crippen LogP contribution in [0.1, 0.15) is 322 Å². The van der Waals surface area contributed by atoms with Crippen molar-refractivity contribution in [3.05, 3.63) is 97.2 Å². The molecule has 3 heterocycles. The van der Waals surface area contributed by atoms with Crippen LogP contribution in [0.15, 0.2) is 97.2 Å². The van der Waals surface area contributed by atoms with Gasteiger partial charge in [0.15, 0.2) is 18.9 Å². The van der Waals surface area contributed by atoms with E-state index >= 15 is 0 Å². The highest BCUT2D eigenvalue weighted by atomic mass is 16.8. The molecule has 107 heavy (non-hydrogen) atoms. The molecule has 0 bridgehead atoms. The summed E-state index contributed by atoms with van der Waals surface area (Å²) in [6.45, 7) is 1.63. The predicted molar refractivity (Wildman–Crippen MR) is 429 cm³/mol. The van der Waals surface area contributed by atoms with E-state index in [-0.39, 0.29) is 18.9 Å². The van der Waals surface area contributed by atoms with Crippen molar-refractivity contribution in [3.8, 4) is 0 Å². The van der Waals surface area contributed by atoms with Crippen LogP contribution in [0.4, 0.5) is 0 Å². The molecular formula is C88H155NO18. The highest BCUT2D eigenvalue weighted by molar-refractivity contribution is 5.76. The molecule has 0 aliphatic carbocycles. The van der Waals surface area contributed by atoms with Crippen molar-refractivity contribution < 1.29 is 89.4 Å². The molecule has 17 atom stereocenters. The van der Waals surface area contributed by atoms with E-state index in [1.807, 2.05) is 6.08 Å². The van der Waals surface area contributed by atoms with E-state index < -0.39 is 124 Å². The molecule has 12 N–H and O–H groups in total. The number of aliphatic hydroxyl groups excluding tert-OH is 11. The Morgan fingerprint density at radius 2 is 0.654 bits per heavy atom. The quantitative estimate of drug-likeness (QED) is 0.0199. The predicted octanol–water partition coefficient (Wildman–Crippen LogP) is 15.5. The zero-order chi connectivity index (χ0) is 77.4. The summed E-state index contributed by atoms with van der Waals surface area (Å²) < 4.78 is 34.5. The summed E-state index contributed by atoms with van der Waals surface area (Å²) in [5.74, 6) is -0.288. The zero-order valence-corrected chi connectivity index (χ0v) is 66.6. The average molecular weight is 1520 g/mol. The second kappa shape index (κ2) is 67.2. The van der Waals surface area contributed by atoms with Crippen LogP contribution in [-0.4, -0.2) is 193 Å². The maximum absolute atomic E-state index is 13.5. The van der Waals surface area contributed by atoms with Crippen molar-refractivity contribution in [2.75, 3.05) is 26.4 Å². The maximum Gasteiger partial charge on any atom is 0.220 e. The molecule has 19 nitrogen and oxygen atoms in total. The van der Waals surface area contributed by atoms with E-state index in [0.29, 0.717) is 12.8 Å². The molecule has 0 radical (unpaired) electrons. The SMILES string of the molecule is CC/C=C\C/C=C\C/C=C\C/C=C\C/C=C\CCCCCCCCCCCCCCCCCCCC(=O)NC(COC1OC(CO)C(OC2OC(CO)C(OC3OC(CO)C(O)C(O)C3O)C(O)C2O)C(O)C1O)C(O)/C=C/CC/C=C/CC/C=C/CCCCCCCCCCCCCCCCCCCCC. The van der Waals surface area contributed by atoms with E-state index in [1.165, 1.54) is 212 Å². The number of amides is 1. The van der Waals surface area contributed by atoms with Crippen molar-refractivity contribution in [1.29, 1.82) is 0 Å². The third kappa shape index (κ3) is 46.5. The van der Waals surface area contributed by atoms with Gasteiger partial charge in [-0.3, -0.25) is 4.79 Å². The molecule has 1 amide bonds. The smallest absolute Gasteiger partial charge is 0.220 e. The van der Waals surface area contributed by atoms with Crippen molar-refractivity contribution in [2.24, 2.45) is 0 Å². The van der Waals surface area contributed by atoms with Gasteiger partial charge in [0.1, 0.15) is 73.2 Å². The first kappa shape index (κ1) is 97.9. The van der Waals surface area contributed by atoms with Crippen LogP contribution in [0.3, 0.4) is 0 Å². The molecule has 0 spiro atoms. The summed E-state index contributed by atoms with van der Waals surface area (Å²) in [7, 11) is 0. The lowest BCUT2D eigenvalue weighted by Crippen LogP contribution is -2.66. The van der Waals surface area contributed by atoms with E-state index in [9.17, 15) is 61.0 Å². The summed E-state index contributed by atoms with van der Waals surface area (Å²) in [5.41, 5.74) is 0. The van der Waals surface area contributed by atoms with Crippen LogP contribution in [0.5, 0.6) is 0 Å². The summed E-state index contributed by atoms with van der Waals surface area (Å²) in [5, 5.41) is 121. The Hall–Kier alpha value is -3.29. The first-order valence-electron chi connectivity index (χ1n) is 43.0. The average Bonchev–Trinajstić information content (AvgIpc) is 0.782. The molecule has 19 heteroatoms. The molecule has 3 fully saturated rings. The van der Waals surface area contributed by atoms with Gasteiger partial charge in [0, 0.05) is 6.42 Å². The first-order chi connectivity index (χ1) is 52.3. The molecule has 0 aromatic rings. The van der Waals surface area contributed by atoms with Crippen molar-refractivity contribution in [3.63, 3.8) is 0 Å². The van der Waals surface area contributed by atoms with Gasteiger partial charge in [-0.15, -0.1) is 0 Å². The molecule has 3 aliphatic rings. The Morgan fingerprint density at radius 3 is 1.05 bits per heavy atom. The number of carbonyl (C=O) groups excluding carboxylic acids is 1. The van der Waals surface area contributed by atoms with Crippen LogP contribution in [0.25, 0.3) is 0 Å². The van der Waals surface area contributed by atoms with Gasteiger partial charge in [0.25, 0.3) is 0 Å². The van der Waals surface area contributed by atoms with Crippen molar-refractivity contribution >= 4 is 5.91 Å². The van der Waals surface area contributed by atoms with Crippen LogP contribution in [0.2, 0.25) is 0 Å². The first-order valence-corrected chi connectivity index (χ1v) is 43.0. The number of nitrogens with one attached hydrogen (secondary N) is 1. The number of ether oxygens (including phenoxy) is 6. The van der Waals surface area contributed by atoms with Gasteiger partial charge in [-0.1, -0.05) is 323 Å². The second-order valence-corrected chi connectivity index (χ2v) is 30.2. The van der Waals surface area contributed by atoms with E-state index in [2.05, 4.69) is 104 Å². The third-order valence-electron chi connectivity index (χ3n) is 20.8. The highest BCUT2D eigenvalue weighted by Gasteiger charge is 2.54. The monoisotopic (exact) mass is 1510 g/mol. The Kier molecular flexibility index (Phi) is 61.5. The van der Waals surface area contributed by atoms with Gasteiger partial charge in [-0.25, -0.2) is 0 Å². The van der Waals surface area contributed by atoms with Gasteiger partial charge in [-0.05, 0) is 89.9 Å². The van der Waals surface area contributed by atoms with Crippen LogP contribution < -0.4 is 5.32 Å². The summed E-state index contributed by atoms with van der Waals surface area (Å²) in [4.78, 5) is 13.5. The number of allylic oxidation sites excluding steroid dienone is 15. The lowest BCUT2D eigenvalue weighted by atomic mass is 9.96. The fourth-order valence-electron chi connectivity index (χ4n) is 14.0. The summed E-state index contributed by atoms with van der Waals surface area (Å²) in [6.07, 6.45) is 65.5. The molecule has 3 rings (SSSR count). The van der Waals surface area contributed by atoms with Crippen LogP contribution >= 0.6 is 0 Å². The van der Waals surface area contributed by atoms with Gasteiger partial charge in [0.05, 0.1) is 38.6 Å². The number of rotatable bonds is 68. The lowest BCUT2D eigenvalue weighted by molar-refractivity contribution is -0.379. The molecular weight excluding hydrogens is 1360 g/mol. The van der Waals surface area contributed by atoms with Gasteiger partial charge >= 0.3 is 0 Å². The van der Waals surface area contributed by atoms with Crippen molar-refractivity contribution in [1.82, 2.24) is 5.32 Å². The Balaban J connectivity index is 1.36. The highest BCUT2D eigenvalue weighted by Crippen LogP contribution is 2.33. The third-order valence-corrected chi connectivity index (χ3v) is 20.8. The molecule has 0 aromatic carbocycles. The second-order valence-electron chi connectivity index (χ2n) is 30.2. The Morgan fingerprint density at radius 1 is 0.346 bits per heavy atom. The van der Waals surface area contributed by atoms with Crippen LogP contribution in [-0.2, 0) is 33.2 Å².